The van der Waals surface area contributed by atoms with E-state index in [9.17, 15) is 9.59 Å². The third-order valence-corrected chi connectivity index (χ3v) is 4.21. The van der Waals surface area contributed by atoms with Crippen LogP contribution in [0.4, 0.5) is 17.2 Å². The molecule has 0 aliphatic heterocycles. The Morgan fingerprint density at radius 3 is 2.11 bits per heavy atom. The van der Waals surface area contributed by atoms with Crippen LogP contribution in [-0.4, -0.2) is 17.0 Å². The summed E-state index contributed by atoms with van der Waals surface area (Å²) in [5.74, 6) is -0.367. The highest BCUT2D eigenvalue weighted by atomic mass is 16.5. The van der Waals surface area contributed by atoms with Gasteiger partial charge in [0.25, 0.3) is 11.8 Å². The number of hydrogen-bond acceptors (Lipinski definition) is 5. The predicted molar refractivity (Wildman–Crippen MR) is 107 cm³/mol. The van der Waals surface area contributed by atoms with Gasteiger partial charge in [0.1, 0.15) is 0 Å². The minimum atomic E-state index is -0.332. The van der Waals surface area contributed by atoms with Gasteiger partial charge in [0.05, 0.1) is 10.9 Å². The van der Waals surface area contributed by atoms with E-state index in [0.717, 1.165) is 0 Å². The van der Waals surface area contributed by atoms with Gasteiger partial charge in [-0.2, -0.15) is 0 Å². The zero-order valence-corrected chi connectivity index (χ0v) is 14.7. The summed E-state index contributed by atoms with van der Waals surface area (Å²) in [7, 11) is 0. The highest BCUT2D eigenvalue weighted by Gasteiger charge is 2.16. The summed E-state index contributed by atoms with van der Waals surface area (Å²) in [6.07, 6.45) is 0. The molecule has 0 atom stereocenters. The first kappa shape index (κ1) is 17.3. The van der Waals surface area contributed by atoms with Crippen molar-refractivity contribution < 1.29 is 14.1 Å². The van der Waals surface area contributed by atoms with Crippen molar-refractivity contribution in [2.45, 2.75) is 0 Å². The topological polar surface area (TPSA) is 110 Å². The largest absolute Gasteiger partial charge is 0.380 e. The quantitative estimate of drug-likeness (QED) is 0.503. The number of anilines is 3. The van der Waals surface area contributed by atoms with Crippen molar-refractivity contribution in [1.29, 1.82) is 0 Å². The molecule has 0 fully saturated rings. The summed E-state index contributed by atoms with van der Waals surface area (Å²) in [5.41, 5.74) is 8.39. The number of nitrogen functional groups attached to an aromatic ring is 1. The number of carbonyl (C=O) groups is 2. The zero-order valence-electron chi connectivity index (χ0n) is 14.7. The third-order valence-electron chi connectivity index (χ3n) is 4.21. The van der Waals surface area contributed by atoms with Crippen LogP contribution in [0, 0.1) is 0 Å². The van der Waals surface area contributed by atoms with Gasteiger partial charge in [0.2, 0.25) is 0 Å². The van der Waals surface area contributed by atoms with Crippen molar-refractivity contribution in [1.82, 2.24) is 5.16 Å². The number of rotatable bonds is 4. The molecule has 138 valence electrons. The lowest BCUT2D eigenvalue weighted by Crippen LogP contribution is -2.13. The van der Waals surface area contributed by atoms with E-state index >= 15 is 0 Å². The molecule has 1 heterocycles. The normalized spacial score (nSPS) is 10.6. The van der Waals surface area contributed by atoms with Crippen molar-refractivity contribution in [2.75, 3.05) is 16.4 Å². The summed E-state index contributed by atoms with van der Waals surface area (Å²) in [5, 5.41) is 9.78. The number of nitrogens with zero attached hydrogens (tertiary/aromatic N) is 1. The van der Waals surface area contributed by atoms with E-state index in [1.165, 1.54) is 0 Å². The molecule has 0 saturated carbocycles. The van der Waals surface area contributed by atoms with Crippen LogP contribution >= 0.6 is 0 Å². The fourth-order valence-corrected chi connectivity index (χ4v) is 2.83. The number of fused-ring (bicyclic) bond motifs is 1. The molecular weight excluding hydrogens is 356 g/mol. The lowest BCUT2D eigenvalue weighted by Gasteiger charge is -2.08. The number of aromatic nitrogens is 1. The maximum absolute atomic E-state index is 12.6. The van der Waals surface area contributed by atoms with Crippen LogP contribution in [0.1, 0.15) is 20.7 Å². The van der Waals surface area contributed by atoms with Crippen molar-refractivity contribution in [3.63, 3.8) is 0 Å². The molecule has 4 N–H and O–H groups in total. The Kier molecular flexibility index (Phi) is 4.47. The maximum atomic E-state index is 12.6. The van der Waals surface area contributed by atoms with Gasteiger partial charge in [-0.1, -0.05) is 29.4 Å². The molecule has 0 aliphatic carbocycles. The van der Waals surface area contributed by atoms with Crippen LogP contribution < -0.4 is 16.4 Å². The molecule has 7 heteroatoms. The molecule has 4 rings (SSSR count). The second-order valence-corrected chi connectivity index (χ2v) is 6.10. The molecule has 0 spiro atoms. The minimum Gasteiger partial charge on any atom is -0.380 e. The van der Waals surface area contributed by atoms with Crippen LogP contribution in [0.5, 0.6) is 0 Å². The molecule has 3 aromatic carbocycles. The molecule has 0 bridgehead atoms. The smallest absolute Gasteiger partial charge is 0.256 e. The van der Waals surface area contributed by atoms with E-state index in [0.29, 0.717) is 33.5 Å². The van der Waals surface area contributed by atoms with E-state index in [2.05, 4.69) is 15.8 Å². The van der Waals surface area contributed by atoms with Gasteiger partial charge < -0.3 is 20.9 Å². The fraction of sp³-hybridized carbons (Fsp3) is 0. The van der Waals surface area contributed by atoms with Gasteiger partial charge in [-0.05, 0) is 48.5 Å². The average Bonchev–Trinajstić information content (AvgIpc) is 3.11. The summed E-state index contributed by atoms with van der Waals surface area (Å²) in [6, 6.07) is 20.8. The zero-order chi connectivity index (χ0) is 19.5. The van der Waals surface area contributed by atoms with E-state index in [4.69, 9.17) is 10.3 Å². The Hall–Kier alpha value is -4.13. The molecule has 7 nitrogen and oxygen atoms in total. The molecule has 1 aromatic heterocycles. The Labute approximate surface area is 160 Å². The number of benzene rings is 3. The van der Waals surface area contributed by atoms with Gasteiger partial charge >= 0.3 is 0 Å². The molecule has 0 aliphatic rings. The maximum Gasteiger partial charge on any atom is 0.256 e. The summed E-state index contributed by atoms with van der Waals surface area (Å²) < 4.78 is 5.08. The molecule has 2 amide bonds. The molecule has 0 radical (unpaired) electrons. The first-order chi connectivity index (χ1) is 13.6. The molecular formula is C21H16N4O3. The lowest BCUT2D eigenvalue weighted by molar-refractivity contribution is 0.101. The van der Waals surface area contributed by atoms with Crippen LogP contribution in [0.3, 0.4) is 0 Å². The van der Waals surface area contributed by atoms with E-state index < -0.39 is 0 Å². The van der Waals surface area contributed by atoms with Crippen molar-refractivity contribution in [3.8, 4) is 0 Å². The van der Waals surface area contributed by atoms with Gasteiger partial charge in [-0.25, -0.2) is 0 Å². The first-order valence-corrected chi connectivity index (χ1v) is 8.53. The first-order valence-electron chi connectivity index (χ1n) is 8.53. The minimum absolute atomic E-state index is 0.166. The standard InChI is InChI=1S/C21H16N4O3/c22-19-18-16(7-4-8-17(18)28-25-19)21(27)24-15-11-9-14(10-12-15)23-20(26)13-5-2-1-3-6-13/h1-12H,(H2,22,25)(H,23,26)(H,24,27). The summed E-state index contributed by atoms with van der Waals surface area (Å²) in [4.78, 5) is 24.8. The fourth-order valence-electron chi connectivity index (χ4n) is 2.83. The number of hydrogen-bond donors (Lipinski definition) is 3. The highest BCUT2D eigenvalue weighted by Crippen LogP contribution is 2.25. The van der Waals surface area contributed by atoms with Crippen LogP contribution in [0.25, 0.3) is 11.0 Å². The second kappa shape index (κ2) is 7.24. The number of carbonyl (C=O) groups excluding carboxylic acids is 2. The Balaban J connectivity index is 1.48. The monoisotopic (exact) mass is 372 g/mol. The second-order valence-electron chi connectivity index (χ2n) is 6.10. The van der Waals surface area contributed by atoms with Gasteiger partial charge in [-0.3, -0.25) is 9.59 Å². The van der Waals surface area contributed by atoms with Gasteiger partial charge in [0, 0.05) is 16.9 Å². The number of nitrogens with one attached hydrogen (secondary N) is 2. The van der Waals surface area contributed by atoms with E-state index in [1.54, 1.807) is 66.7 Å². The molecule has 4 aromatic rings. The lowest BCUT2D eigenvalue weighted by atomic mass is 10.1. The van der Waals surface area contributed by atoms with Crippen LogP contribution in [-0.2, 0) is 0 Å². The predicted octanol–water partition coefficient (Wildman–Crippen LogP) is 3.91. The van der Waals surface area contributed by atoms with Crippen LogP contribution in [0.2, 0.25) is 0 Å². The van der Waals surface area contributed by atoms with Gasteiger partial charge in [-0.15, -0.1) is 0 Å². The average molecular weight is 372 g/mol. The number of nitrogens with two attached hydrogens (primary N) is 1. The third kappa shape index (κ3) is 3.41. The van der Waals surface area contributed by atoms with Crippen LogP contribution in [0.15, 0.2) is 77.3 Å². The molecule has 28 heavy (non-hydrogen) atoms. The van der Waals surface area contributed by atoms with Crippen molar-refractivity contribution >= 4 is 40.0 Å². The van der Waals surface area contributed by atoms with E-state index in [-0.39, 0.29) is 17.6 Å². The highest BCUT2D eigenvalue weighted by molar-refractivity contribution is 6.14. The number of amides is 2. The Morgan fingerprint density at radius 2 is 1.43 bits per heavy atom. The summed E-state index contributed by atoms with van der Waals surface area (Å²) in [6.45, 7) is 0. The molecule has 0 unspecified atom stereocenters. The Bertz CT molecular complexity index is 1150. The molecule has 0 saturated heterocycles. The van der Waals surface area contributed by atoms with Crippen molar-refractivity contribution in [2.24, 2.45) is 0 Å². The Morgan fingerprint density at radius 1 is 0.786 bits per heavy atom. The van der Waals surface area contributed by atoms with Gasteiger partial charge in [0.15, 0.2) is 11.4 Å². The summed E-state index contributed by atoms with van der Waals surface area (Å²) >= 11 is 0. The van der Waals surface area contributed by atoms with Crippen molar-refractivity contribution in [3.05, 3.63) is 83.9 Å². The SMILES string of the molecule is Nc1noc2cccc(C(=O)Nc3ccc(NC(=O)c4ccccc4)cc3)c12. The van der Waals surface area contributed by atoms with E-state index in [1.807, 2.05) is 6.07 Å².